The van der Waals surface area contributed by atoms with E-state index in [1.807, 2.05) is 13.8 Å². The van der Waals surface area contributed by atoms with Crippen LogP contribution in [-0.2, 0) is 6.42 Å². The van der Waals surface area contributed by atoms with Gasteiger partial charge in [-0.05, 0) is 44.9 Å². The maximum absolute atomic E-state index is 11.9. The second-order valence-electron chi connectivity index (χ2n) is 4.90. The van der Waals surface area contributed by atoms with Crippen LogP contribution in [0.5, 0.6) is 0 Å². The average Bonchev–Trinajstić information content (AvgIpc) is 2.31. The first-order chi connectivity index (χ1) is 9.02. The number of hydrogen-bond acceptors (Lipinski definition) is 3. The van der Waals surface area contributed by atoms with Gasteiger partial charge in [-0.15, -0.1) is 0 Å². The van der Waals surface area contributed by atoms with Gasteiger partial charge in [0.05, 0.1) is 0 Å². The molecule has 0 unspecified atom stereocenters. The summed E-state index contributed by atoms with van der Waals surface area (Å²) in [5.74, 6) is 0.626. The molecule has 1 heterocycles. The van der Waals surface area contributed by atoms with Crippen LogP contribution in [0.2, 0.25) is 0 Å². The molecular formula is C15H19N3O. The van der Waals surface area contributed by atoms with Gasteiger partial charge in [0.25, 0.3) is 5.56 Å². The number of H-pyrrole nitrogens is 1. The highest BCUT2D eigenvalue weighted by molar-refractivity contribution is 5.65. The zero-order valence-corrected chi connectivity index (χ0v) is 11.6. The monoisotopic (exact) mass is 257 g/mol. The first-order valence-electron chi connectivity index (χ1n) is 6.39. The molecule has 0 spiro atoms. The van der Waals surface area contributed by atoms with E-state index in [1.54, 1.807) is 6.20 Å². The minimum Gasteiger partial charge on any atom is -0.330 e. The lowest BCUT2D eigenvalue weighted by molar-refractivity contribution is 0.923. The highest BCUT2D eigenvalue weighted by Gasteiger charge is 2.10. The van der Waals surface area contributed by atoms with Gasteiger partial charge in [0, 0.05) is 17.3 Å². The van der Waals surface area contributed by atoms with Gasteiger partial charge in [-0.3, -0.25) is 4.79 Å². The quantitative estimate of drug-likeness (QED) is 0.881. The van der Waals surface area contributed by atoms with Crippen molar-refractivity contribution < 1.29 is 0 Å². The van der Waals surface area contributed by atoms with Crippen LogP contribution in [0.25, 0.3) is 11.4 Å². The molecular weight excluding hydrogens is 238 g/mol. The van der Waals surface area contributed by atoms with Crippen molar-refractivity contribution in [2.45, 2.75) is 27.2 Å². The Bertz CT molecular complexity index is 636. The van der Waals surface area contributed by atoms with Crippen LogP contribution in [0.3, 0.4) is 0 Å². The number of aryl methyl sites for hydroxylation is 3. The number of aromatic amines is 1. The lowest BCUT2D eigenvalue weighted by Gasteiger charge is -2.10. The lowest BCUT2D eigenvalue weighted by Crippen LogP contribution is -2.18. The first-order valence-corrected chi connectivity index (χ1v) is 6.39. The van der Waals surface area contributed by atoms with Gasteiger partial charge in [0.2, 0.25) is 0 Å². The highest BCUT2D eigenvalue weighted by Crippen LogP contribution is 2.24. The smallest absolute Gasteiger partial charge is 0.254 e. The molecule has 100 valence electrons. The third-order valence-electron chi connectivity index (χ3n) is 3.20. The topological polar surface area (TPSA) is 71.8 Å². The molecule has 1 aromatic heterocycles. The van der Waals surface area contributed by atoms with Crippen molar-refractivity contribution in [1.82, 2.24) is 9.97 Å². The molecule has 1 aromatic carbocycles. The van der Waals surface area contributed by atoms with Crippen molar-refractivity contribution in [2.75, 3.05) is 6.54 Å². The molecule has 0 aliphatic carbocycles. The number of nitrogens with zero attached hydrogens (tertiary/aromatic N) is 1. The van der Waals surface area contributed by atoms with Crippen molar-refractivity contribution in [3.63, 3.8) is 0 Å². The van der Waals surface area contributed by atoms with Crippen molar-refractivity contribution in [1.29, 1.82) is 0 Å². The van der Waals surface area contributed by atoms with Crippen LogP contribution < -0.4 is 11.3 Å². The number of nitrogens with two attached hydrogens (primary N) is 1. The summed E-state index contributed by atoms with van der Waals surface area (Å²) in [6.45, 7) is 6.57. The molecule has 0 aliphatic rings. The molecule has 19 heavy (non-hydrogen) atoms. The van der Waals surface area contributed by atoms with Gasteiger partial charge in [-0.2, -0.15) is 0 Å². The molecule has 4 heteroatoms. The van der Waals surface area contributed by atoms with Crippen molar-refractivity contribution in [3.8, 4) is 11.4 Å². The summed E-state index contributed by atoms with van der Waals surface area (Å²) in [5, 5.41) is 0. The Balaban J connectivity index is 2.54. The van der Waals surface area contributed by atoms with Crippen LogP contribution in [-0.4, -0.2) is 16.5 Å². The minimum atomic E-state index is -0.102. The summed E-state index contributed by atoms with van der Waals surface area (Å²) in [7, 11) is 0. The molecule has 0 radical (unpaired) electrons. The Labute approximate surface area is 112 Å². The van der Waals surface area contributed by atoms with E-state index in [0.717, 1.165) is 16.7 Å². The van der Waals surface area contributed by atoms with Crippen molar-refractivity contribution in [3.05, 3.63) is 50.9 Å². The molecule has 4 nitrogen and oxygen atoms in total. The van der Waals surface area contributed by atoms with Gasteiger partial charge < -0.3 is 10.7 Å². The van der Waals surface area contributed by atoms with E-state index in [2.05, 4.69) is 29.0 Å². The summed E-state index contributed by atoms with van der Waals surface area (Å²) < 4.78 is 0. The molecule has 0 aliphatic heterocycles. The van der Waals surface area contributed by atoms with E-state index in [1.165, 1.54) is 5.56 Å². The molecule has 3 N–H and O–H groups in total. The molecule has 0 bridgehead atoms. The first kappa shape index (κ1) is 13.5. The third kappa shape index (κ3) is 2.74. The largest absolute Gasteiger partial charge is 0.330 e. The zero-order valence-electron chi connectivity index (χ0n) is 11.6. The standard InChI is InChI=1S/C15H19N3O/c1-9-6-10(2)13(11(3)7-9)14-17-8-12(4-5-16)15(19)18-14/h6-8H,4-5,16H2,1-3H3,(H,17,18,19). The molecule has 0 saturated carbocycles. The summed E-state index contributed by atoms with van der Waals surface area (Å²) in [6.07, 6.45) is 2.17. The third-order valence-corrected chi connectivity index (χ3v) is 3.20. The molecule has 2 aromatic rings. The fourth-order valence-corrected chi connectivity index (χ4v) is 2.44. The van der Waals surface area contributed by atoms with Crippen LogP contribution >= 0.6 is 0 Å². The minimum absolute atomic E-state index is 0.102. The van der Waals surface area contributed by atoms with E-state index in [4.69, 9.17) is 5.73 Å². The van der Waals surface area contributed by atoms with Crippen molar-refractivity contribution in [2.24, 2.45) is 5.73 Å². The predicted octanol–water partition coefficient (Wildman–Crippen LogP) is 1.86. The second kappa shape index (κ2) is 5.36. The number of hydrogen-bond donors (Lipinski definition) is 2. The molecule has 0 saturated heterocycles. The summed E-state index contributed by atoms with van der Waals surface area (Å²) in [4.78, 5) is 19.2. The Hall–Kier alpha value is -1.94. The summed E-state index contributed by atoms with van der Waals surface area (Å²) >= 11 is 0. The van der Waals surface area contributed by atoms with Gasteiger partial charge >= 0.3 is 0 Å². The van der Waals surface area contributed by atoms with E-state index < -0.39 is 0 Å². The number of aromatic nitrogens is 2. The van der Waals surface area contributed by atoms with Crippen LogP contribution in [0.1, 0.15) is 22.3 Å². The van der Waals surface area contributed by atoms with E-state index >= 15 is 0 Å². The predicted molar refractivity (Wildman–Crippen MR) is 77.3 cm³/mol. The Morgan fingerprint density at radius 1 is 1.21 bits per heavy atom. The zero-order chi connectivity index (χ0) is 14.0. The average molecular weight is 257 g/mol. The number of benzene rings is 1. The van der Waals surface area contributed by atoms with E-state index in [-0.39, 0.29) is 5.56 Å². The molecule has 2 rings (SSSR count). The summed E-state index contributed by atoms with van der Waals surface area (Å²) in [5.41, 5.74) is 10.4. The second-order valence-corrected chi connectivity index (χ2v) is 4.90. The van der Waals surface area contributed by atoms with Gasteiger partial charge in [0.15, 0.2) is 0 Å². The fraction of sp³-hybridized carbons (Fsp3) is 0.333. The summed E-state index contributed by atoms with van der Waals surface area (Å²) in [6, 6.07) is 4.19. The normalized spacial score (nSPS) is 10.7. The molecule has 0 amide bonds. The van der Waals surface area contributed by atoms with E-state index in [9.17, 15) is 4.79 Å². The van der Waals surface area contributed by atoms with E-state index in [0.29, 0.717) is 24.4 Å². The Morgan fingerprint density at radius 3 is 2.37 bits per heavy atom. The van der Waals surface area contributed by atoms with Crippen LogP contribution in [0, 0.1) is 20.8 Å². The Kier molecular flexibility index (Phi) is 3.81. The molecule has 0 atom stereocenters. The fourth-order valence-electron chi connectivity index (χ4n) is 2.44. The maximum Gasteiger partial charge on any atom is 0.254 e. The van der Waals surface area contributed by atoms with Gasteiger partial charge in [-0.1, -0.05) is 17.7 Å². The number of nitrogens with one attached hydrogen (secondary N) is 1. The molecule has 0 fully saturated rings. The Morgan fingerprint density at radius 2 is 1.84 bits per heavy atom. The maximum atomic E-state index is 11.9. The lowest BCUT2D eigenvalue weighted by atomic mass is 9.99. The number of rotatable bonds is 3. The van der Waals surface area contributed by atoms with Gasteiger partial charge in [0.1, 0.15) is 5.82 Å². The van der Waals surface area contributed by atoms with Gasteiger partial charge in [-0.25, -0.2) is 4.98 Å². The van der Waals surface area contributed by atoms with Crippen LogP contribution in [0.15, 0.2) is 23.1 Å². The van der Waals surface area contributed by atoms with Crippen molar-refractivity contribution >= 4 is 0 Å². The SMILES string of the molecule is Cc1cc(C)c(-c2ncc(CCN)c(=O)[nH]2)c(C)c1. The highest BCUT2D eigenvalue weighted by atomic mass is 16.1. The van der Waals surface area contributed by atoms with Crippen LogP contribution in [0.4, 0.5) is 0 Å².